The summed E-state index contributed by atoms with van der Waals surface area (Å²) < 4.78 is 12.6. The third-order valence-electron chi connectivity index (χ3n) is 7.87. The van der Waals surface area contributed by atoms with Crippen molar-refractivity contribution in [2.45, 2.75) is 65.0 Å². The lowest BCUT2D eigenvalue weighted by Crippen LogP contribution is -2.49. The number of carbonyl (C=O) groups is 1. The predicted molar refractivity (Wildman–Crippen MR) is 154 cm³/mol. The van der Waals surface area contributed by atoms with Crippen molar-refractivity contribution < 1.29 is 14.3 Å². The minimum Gasteiger partial charge on any atom is -0.489 e. The minimum absolute atomic E-state index is 0.00437. The van der Waals surface area contributed by atoms with Crippen LogP contribution >= 0.6 is 0 Å². The maximum absolute atomic E-state index is 13.8. The van der Waals surface area contributed by atoms with E-state index in [4.69, 9.17) is 9.47 Å². The van der Waals surface area contributed by atoms with Gasteiger partial charge in [0, 0.05) is 30.9 Å². The van der Waals surface area contributed by atoms with Crippen molar-refractivity contribution in [1.82, 2.24) is 14.8 Å². The number of likely N-dealkylation sites (tertiary alicyclic amines) is 1. The highest BCUT2D eigenvalue weighted by Crippen LogP contribution is 2.35. The van der Waals surface area contributed by atoms with Gasteiger partial charge in [-0.25, -0.2) is 4.98 Å². The van der Waals surface area contributed by atoms with Crippen molar-refractivity contribution in [2.75, 3.05) is 26.2 Å². The number of benzene rings is 2. The van der Waals surface area contributed by atoms with E-state index < -0.39 is 0 Å². The van der Waals surface area contributed by atoms with Gasteiger partial charge in [0.25, 0.3) is 0 Å². The number of rotatable bonds is 4. The number of pyridine rings is 1. The normalized spacial score (nSPS) is 20.2. The summed E-state index contributed by atoms with van der Waals surface area (Å²) in [4.78, 5) is 22.8. The molecule has 39 heavy (non-hydrogen) atoms. The quantitative estimate of drug-likeness (QED) is 0.388. The molecule has 2 aliphatic heterocycles. The first-order chi connectivity index (χ1) is 19.0. The molecule has 1 unspecified atom stereocenters. The molecule has 0 aliphatic carbocycles. The Kier molecular flexibility index (Phi) is 8.82. The molecule has 0 saturated carbocycles. The van der Waals surface area contributed by atoms with Gasteiger partial charge in [-0.15, -0.1) is 0 Å². The first-order valence-electron chi connectivity index (χ1n) is 14.4. The summed E-state index contributed by atoms with van der Waals surface area (Å²) >= 11 is 0. The Hall–Kier alpha value is -3.38. The second kappa shape index (κ2) is 12.6. The van der Waals surface area contributed by atoms with E-state index in [1.54, 1.807) is 6.20 Å². The van der Waals surface area contributed by atoms with Crippen molar-refractivity contribution in [1.29, 1.82) is 0 Å². The van der Waals surface area contributed by atoms with Crippen molar-refractivity contribution in [3.8, 4) is 17.4 Å². The predicted octanol–water partition coefficient (Wildman–Crippen LogP) is 6.50. The van der Waals surface area contributed by atoms with Gasteiger partial charge in [-0.3, -0.25) is 9.69 Å². The monoisotopic (exact) mass is 527 g/mol. The van der Waals surface area contributed by atoms with Crippen LogP contribution in [0.25, 0.3) is 0 Å². The van der Waals surface area contributed by atoms with Crippen LogP contribution in [0.3, 0.4) is 0 Å². The van der Waals surface area contributed by atoms with E-state index in [1.165, 1.54) is 12.0 Å². The molecule has 2 aromatic carbocycles. The number of fused-ring (bicyclic) bond motifs is 2. The zero-order valence-corrected chi connectivity index (χ0v) is 23.4. The summed E-state index contributed by atoms with van der Waals surface area (Å²) in [6.45, 7) is 7.74. The van der Waals surface area contributed by atoms with E-state index >= 15 is 0 Å². The zero-order chi connectivity index (χ0) is 27.1. The number of hydrogen-bond acceptors (Lipinski definition) is 5. The molecule has 6 nitrogen and oxygen atoms in total. The third kappa shape index (κ3) is 7.39. The number of hydrogen-bond donors (Lipinski definition) is 0. The van der Waals surface area contributed by atoms with Crippen LogP contribution in [0, 0.1) is 5.41 Å². The molecule has 6 heteroatoms. The summed E-state index contributed by atoms with van der Waals surface area (Å²) in [5.74, 6) is 2.17. The van der Waals surface area contributed by atoms with Crippen molar-refractivity contribution in [3.05, 3.63) is 84.1 Å². The van der Waals surface area contributed by atoms with Gasteiger partial charge >= 0.3 is 0 Å². The van der Waals surface area contributed by atoms with Gasteiger partial charge in [-0.05, 0) is 74.2 Å². The topological polar surface area (TPSA) is 54.9 Å². The lowest BCUT2D eigenvalue weighted by Gasteiger charge is -2.37. The van der Waals surface area contributed by atoms with Crippen molar-refractivity contribution in [3.63, 3.8) is 0 Å². The molecule has 1 atom stereocenters. The van der Waals surface area contributed by atoms with Gasteiger partial charge in [0.1, 0.15) is 0 Å². The maximum atomic E-state index is 13.8. The summed E-state index contributed by atoms with van der Waals surface area (Å²) in [5, 5.41) is 0. The first kappa shape index (κ1) is 27.2. The number of ether oxygens (including phenoxy) is 2. The SMILES string of the molecule is CC1(C)CCCN(CC(=O)N2CCCCC2Cc2ccccc2)Cc2cccnc2Oc2ccccc2OC1. The van der Waals surface area contributed by atoms with Crippen LogP contribution < -0.4 is 9.47 Å². The van der Waals surface area contributed by atoms with Crippen LogP contribution in [-0.2, 0) is 17.8 Å². The standard InChI is InChI=1S/C33H41N3O3/c1-33(2)18-11-20-35(24-31(37)36-21-9-8-15-28(36)22-26-12-4-3-5-13-26)23-27-14-10-19-34-32(27)39-30-17-7-6-16-29(30)38-25-33/h3-7,10,12-14,16-17,19,28H,8-9,11,15,18,20-25H2,1-2H3. The number of carbonyl (C=O) groups excluding carboxylic acids is 1. The van der Waals surface area contributed by atoms with Crippen molar-refractivity contribution >= 4 is 5.91 Å². The van der Waals surface area contributed by atoms with Gasteiger partial charge in [0.2, 0.25) is 11.8 Å². The fourth-order valence-electron chi connectivity index (χ4n) is 5.69. The average Bonchev–Trinajstić information content (AvgIpc) is 2.95. The average molecular weight is 528 g/mol. The molecule has 2 aliphatic rings. The highest BCUT2D eigenvalue weighted by Gasteiger charge is 2.29. The Morgan fingerprint density at radius 3 is 2.59 bits per heavy atom. The number of piperidine rings is 1. The largest absolute Gasteiger partial charge is 0.489 e. The van der Waals surface area contributed by atoms with Crippen molar-refractivity contribution in [2.24, 2.45) is 5.41 Å². The highest BCUT2D eigenvalue weighted by atomic mass is 16.5. The van der Waals surface area contributed by atoms with Gasteiger partial charge in [0.05, 0.1) is 13.2 Å². The van der Waals surface area contributed by atoms with Gasteiger partial charge in [-0.1, -0.05) is 62.4 Å². The molecule has 1 amide bonds. The molecular weight excluding hydrogens is 486 g/mol. The van der Waals surface area contributed by atoms with Crippen LogP contribution in [-0.4, -0.2) is 53.0 Å². The smallest absolute Gasteiger partial charge is 0.237 e. The van der Waals surface area contributed by atoms with E-state index in [1.807, 2.05) is 36.4 Å². The van der Waals surface area contributed by atoms with Gasteiger partial charge in [0.15, 0.2) is 11.5 Å². The lowest BCUT2D eigenvalue weighted by molar-refractivity contribution is -0.136. The zero-order valence-electron chi connectivity index (χ0n) is 23.4. The van der Waals surface area contributed by atoms with Gasteiger partial charge < -0.3 is 14.4 Å². The van der Waals surface area contributed by atoms with Crippen LogP contribution in [0.1, 0.15) is 57.1 Å². The molecule has 206 valence electrons. The van der Waals surface area contributed by atoms with E-state index in [0.29, 0.717) is 31.3 Å². The summed E-state index contributed by atoms with van der Waals surface area (Å²) in [6.07, 6.45) is 7.97. The molecular formula is C33H41N3O3. The molecule has 5 rings (SSSR count). The molecule has 1 fully saturated rings. The molecule has 1 saturated heterocycles. The Labute approximate surface area is 233 Å². The van der Waals surface area contributed by atoms with Crippen LogP contribution in [0.4, 0.5) is 0 Å². The minimum atomic E-state index is -0.00437. The first-order valence-corrected chi connectivity index (χ1v) is 14.4. The van der Waals surface area contributed by atoms with Crippen LogP contribution in [0.5, 0.6) is 17.4 Å². The Morgan fingerprint density at radius 1 is 0.949 bits per heavy atom. The number of nitrogens with zero attached hydrogens (tertiary/aromatic N) is 3. The van der Waals surface area contributed by atoms with E-state index in [-0.39, 0.29) is 17.4 Å². The maximum Gasteiger partial charge on any atom is 0.237 e. The fourth-order valence-corrected chi connectivity index (χ4v) is 5.69. The van der Waals surface area contributed by atoms with E-state index in [0.717, 1.165) is 56.5 Å². The molecule has 3 heterocycles. The number of amides is 1. The highest BCUT2D eigenvalue weighted by molar-refractivity contribution is 5.78. The Morgan fingerprint density at radius 2 is 1.74 bits per heavy atom. The van der Waals surface area contributed by atoms with E-state index in [2.05, 4.69) is 59.0 Å². The number of aromatic nitrogens is 1. The Balaban J connectivity index is 1.36. The summed E-state index contributed by atoms with van der Waals surface area (Å²) in [7, 11) is 0. The third-order valence-corrected chi connectivity index (χ3v) is 7.87. The van der Waals surface area contributed by atoms with Crippen LogP contribution in [0.15, 0.2) is 72.9 Å². The number of para-hydroxylation sites is 2. The molecule has 0 spiro atoms. The molecule has 0 radical (unpaired) electrons. The second-order valence-electron chi connectivity index (χ2n) is 11.7. The lowest BCUT2D eigenvalue weighted by atomic mass is 9.88. The summed E-state index contributed by atoms with van der Waals surface area (Å²) in [6, 6.07) is 22.6. The Bertz CT molecular complexity index is 1230. The molecule has 1 aromatic heterocycles. The fraction of sp³-hybridized carbons (Fsp3) is 0.455. The van der Waals surface area contributed by atoms with E-state index in [9.17, 15) is 4.79 Å². The molecule has 0 N–H and O–H groups in total. The van der Waals surface area contributed by atoms with Crippen LogP contribution in [0.2, 0.25) is 0 Å². The second-order valence-corrected chi connectivity index (χ2v) is 11.7. The molecule has 0 bridgehead atoms. The summed E-state index contributed by atoms with van der Waals surface area (Å²) in [5.41, 5.74) is 2.26. The molecule has 3 aromatic rings. The van der Waals surface area contributed by atoms with Gasteiger partial charge in [-0.2, -0.15) is 0 Å².